The number of esters is 1. The Labute approximate surface area is 152 Å². The van der Waals surface area contributed by atoms with Crippen LogP contribution < -0.4 is 24.8 Å². The summed E-state index contributed by atoms with van der Waals surface area (Å²) in [4.78, 5) is 24.6. The fraction of sp³-hybridized carbons (Fsp3) is 0.444. The van der Waals surface area contributed by atoms with Gasteiger partial charge in [0.2, 0.25) is 0 Å². The van der Waals surface area contributed by atoms with Crippen LogP contribution in [0, 0.1) is 0 Å². The molecule has 0 saturated heterocycles. The molecule has 0 radical (unpaired) electrons. The number of methoxy groups -OCH3 is 4. The van der Waals surface area contributed by atoms with Crippen molar-refractivity contribution in [2.75, 3.05) is 28.4 Å². The summed E-state index contributed by atoms with van der Waals surface area (Å²) in [5.74, 6) is 0.859. The van der Waals surface area contributed by atoms with Crippen molar-refractivity contribution in [3.05, 3.63) is 29.0 Å². The zero-order chi connectivity index (χ0) is 19.3. The van der Waals surface area contributed by atoms with Crippen molar-refractivity contribution in [3.8, 4) is 17.2 Å². The van der Waals surface area contributed by atoms with E-state index < -0.39 is 18.0 Å². The normalized spacial score (nSPS) is 16.5. The number of benzene rings is 1. The summed E-state index contributed by atoms with van der Waals surface area (Å²) in [5.41, 5.74) is 1.43. The number of ether oxygens (including phenoxy) is 4. The molecule has 26 heavy (non-hydrogen) atoms. The van der Waals surface area contributed by atoms with Crippen molar-refractivity contribution >= 4 is 12.0 Å². The topological polar surface area (TPSA) is 95.1 Å². The molecular weight excluding hydrogens is 340 g/mol. The van der Waals surface area contributed by atoms with E-state index >= 15 is 0 Å². The number of hydrogen-bond acceptors (Lipinski definition) is 6. The second-order valence-electron chi connectivity index (χ2n) is 5.61. The third-order valence-corrected chi connectivity index (χ3v) is 4.11. The van der Waals surface area contributed by atoms with Gasteiger partial charge in [-0.25, -0.2) is 9.59 Å². The van der Waals surface area contributed by atoms with Crippen molar-refractivity contribution in [2.45, 2.75) is 25.8 Å². The van der Waals surface area contributed by atoms with Crippen LogP contribution in [0.2, 0.25) is 0 Å². The van der Waals surface area contributed by atoms with Gasteiger partial charge in [0.05, 0.1) is 40.1 Å². The fourth-order valence-corrected chi connectivity index (χ4v) is 2.93. The average Bonchev–Trinajstić information content (AvgIpc) is 2.66. The third kappa shape index (κ3) is 3.68. The Bertz CT molecular complexity index is 729. The summed E-state index contributed by atoms with van der Waals surface area (Å²) >= 11 is 0. The summed E-state index contributed by atoms with van der Waals surface area (Å²) in [7, 11) is 5.83. The van der Waals surface area contributed by atoms with E-state index in [-0.39, 0.29) is 0 Å². The molecular formula is C18H24N2O6. The van der Waals surface area contributed by atoms with Crippen molar-refractivity contribution in [1.29, 1.82) is 0 Å². The molecule has 1 aromatic carbocycles. The van der Waals surface area contributed by atoms with E-state index in [0.717, 1.165) is 6.42 Å². The SMILES string of the molecule is CCCC1=C(C(=O)OC)C(c2cc(OC)c(OC)cc2OC)NC(=O)N1. The molecule has 8 nitrogen and oxygen atoms in total. The first kappa shape index (κ1) is 19.4. The lowest BCUT2D eigenvalue weighted by atomic mass is 9.92. The quantitative estimate of drug-likeness (QED) is 0.721. The van der Waals surface area contributed by atoms with Gasteiger partial charge in [-0.05, 0) is 12.5 Å². The molecule has 1 aliphatic rings. The number of carbonyl (C=O) groups is 2. The highest BCUT2D eigenvalue weighted by Gasteiger charge is 2.35. The Hall–Kier alpha value is -2.90. The van der Waals surface area contributed by atoms with E-state index in [1.165, 1.54) is 28.4 Å². The Morgan fingerprint density at radius 1 is 1.04 bits per heavy atom. The number of carbonyl (C=O) groups excluding carboxylic acids is 2. The second-order valence-corrected chi connectivity index (χ2v) is 5.61. The van der Waals surface area contributed by atoms with Gasteiger partial charge in [0.25, 0.3) is 0 Å². The highest BCUT2D eigenvalue weighted by atomic mass is 16.5. The van der Waals surface area contributed by atoms with Crippen LogP contribution in [-0.2, 0) is 9.53 Å². The molecule has 2 N–H and O–H groups in total. The van der Waals surface area contributed by atoms with Crippen molar-refractivity contribution in [1.82, 2.24) is 10.6 Å². The predicted molar refractivity (Wildman–Crippen MR) is 94.5 cm³/mol. The Morgan fingerprint density at radius 2 is 1.65 bits per heavy atom. The molecule has 2 amide bonds. The Balaban J connectivity index is 2.68. The zero-order valence-corrected chi connectivity index (χ0v) is 15.6. The van der Waals surface area contributed by atoms with Gasteiger partial charge >= 0.3 is 12.0 Å². The molecule has 1 heterocycles. The smallest absolute Gasteiger partial charge is 0.337 e. The summed E-state index contributed by atoms with van der Waals surface area (Å²) in [6.45, 7) is 1.96. The molecule has 0 spiro atoms. The maximum absolute atomic E-state index is 12.5. The first-order chi connectivity index (χ1) is 12.5. The van der Waals surface area contributed by atoms with E-state index in [0.29, 0.717) is 40.5 Å². The van der Waals surface area contributed by atoms with Crippen LogP contribution in [0.25, 0.3) is 0 Å². The van der Waals surface area contributed by atoms with E-state index in [4.69, 9.17) is 18.9 Å². The number of rotatable bonds is 7. The first-order valence-corrected chi connectivity index (χ1v) is 8.19. The van der Waals surface area contributed by atoms with E-state index in [9.17, 15) is 9.59 Å². The molecule has 1 atom stereocenters. The number of nitrogens with one attached hydrogen (secondary N) is 2. The maximum Gasteiger partial charge on any atom is 0.337 e. The van der Waals surface area contributed by atoms with Crippen LogP contribution in [-0.4, -0.2) is 40.4 Å². The maximum atomic E-state index is 12.5. The minimum Gasteiger partial charge on any atom is -0.496 e. The van der Waals surface area contributed by atoms with E-state index in [1.54, 1.807) is 12.1 Å². The number of urea groups is 1. The monoisotopic (exact) mass is 364 g/mol. The number of hydrogen-bond donors (Lipinski definition) is 2. The molecule has 1 aromatic rings. The third-order valence-electron chi connectivity index (χ3n) is 4.11. The minimum absolute atomic E-state index is 0.333. The van der Waals surface area contributed by atoms with Crippen LogP contribution in [0.3, 0.4) is 0 Å². The van der Waals surface area contributed by atoms with Crippen molar-refractivity contribution in [2.24, 2.45) is 0 Å². The lowest BCUT2D eigenvalue weighted by Gasteiger charge is -2.30. The van der Waals surface area contributed by atoms with Crippen LogP contribution in [0.15, 0.2) is 23.4 Å². The molecule has 0 aliphatic carbocycles. The van der Waals surface area contributed by atoms with Crippen LogP contribution in [0.4, 0.5) is 4.79 Å². The van der Waals surface area contributed by atoms with Gasteiger partial charge in [0.15, 0.2) is 11.5 Å². The molecule has 8 heteroatoms. The van der Waals surface area contributed by atoms with Crippen molar-refractivity contribution < 1.29 is 28.5 Å². The zero-order valence-electron chi connectivity index (χ0n) is 15.6. The highest BCUT2D eigenvalue weighted by Crippen LogP contribution is 2.41. The summed E-state index contributed by atoms with van der Waals surface area (Å²) in [5, 5.41) is 5.47. The first-order valence-electron chi connectivity index (χ1n) is 8.19. The summed E-state index contributed by atoms with van der Waals surface area (Å²) < 4.78 is 21.0. The Morgan fingerprint density at radius 3 is 2.19 bits per heavy atom. The standard InChI is InChI=1S/C18H24N2O6/c1-6-7-11-15(17(21)26-5)16(20-18(22)19-11)10-8-13(24-3)14(25-4)9-12(10)23-2/h8-9,16H,6-7H2,1-5H3,(H2,19,20,22). The largest absolute Gasteiger partial charge is 0.496 e. The fourth-order valence-electron chi connectivity index (χ4n) is 2.93. The van der Waals surface area contributed by atoms with Gasteiger partial charge in [0, 0.05) is 17.3 Å². The molecule has 0 aromatic heterocycles. The molecule has 142 valence electrons. The molecule has 0 fully saturated rings. The van der Waals surface area contributed by atoms with E-state index in [1.807, 2.05) is 6.92 Å². The Kier molecular flexibility index (Phi) is 6.32. The molecule has 1 unspecified atom stereocenters. The molecule has 1 aliphatic heterocycles. The van der Waals surface area contributed by atoms with E-state index in [2.05, 4.69) is 10.6 Å². The molecule has 0 bridgehead atoms. The highest BCUT2D eigenvalue weighted by molar-refractivity contribution is 5.95. The van der Waals surface area contributed by atoms with Gasteiger partial charge < -0.3 is 29.6 Å². The van der Waals surface area contributed by atoms with Crippen LogP contribution in [0.1, 0.15) is 31.4 Å². The number of amides is 2. The van der Waals surface area contributed by atoms with Crippen LogP contribution in [0.5, 0.6) is 17.2 Å². The lowest BCUT2D eigenvalue weighted by molar-refractivity contribution is -0.136. The predicted octanol–water partition coefficient (Wildman–Crippen LogP) is 2.29. The van der Waals surface area contributed by atoms with Gasteiger partial charge in [-0.2, -0.15) is 0 Å². The van der Waals surface area contributed by atoms with Crippen LogP contribution >= 0.6 is 0 Å². The summed E-state index contributed by atoms with van der Waals surface area (Å²) in [6, 6.07) is 2.19. The van der Waals surface area contributed by atoms with Gasteiger partial charge in [-0.15, -0.1) is 0 Å². The second kappa shape index (κ2) is 8.46. The molecule has 2 rings (SSSR count). The average molecular weight is 364 g/mol. The minimum atomic E-state index is -0.743. The van der Waals surface area contributed by atoms with Gasteiger partial charge in [-0.1, -0.05) is 13.3 Å². The number of allylic oxidation sites excluding steroid dienone is 1. The van der Waals surface area contributed by atoms with Gasteiger partial charge in [-0.3, -0.25) is 0 Å². The van der Waals surface area contributed by atoms with Gasteiger partial charge in [0.1, 0.15) is 5.75 Å². The lowest BCUT2D eigenvalue weighted by Crippen LogP contribution is -2.46. The summed E-state index contributed by atoms with van der Waals surface area (Å²) in [6.07, 6.45) is 1.29. The van der Waals surface area contributed by atoms with Crippen molar-refractivity contribution in [3.63, 3.8) is 0 Å². The molecule has 0 saturated carbocycles.